The summed E-state index contributed by atoms with van der Waals surface area (Å²) in [6.45, 7) is 0.406. The molecule has 1 N–H and O–H groups in total. The zero-order valence-corrected chi connectivity index (χ0v) is 19.9. The standard InChI is InChI=1S/C25H28N2O8/c1-32-17-9-7-16(8-10-17)22(28)27-18(24(30)31)15-35-25(27)11-13-26(14-12-25)23(29)21-19(33-2)5-4-6-20(21)34-3/h4-10,18H,11-15H2,1-3H3,(H,30,31). The highest BCUT2D eigenvalue weighted by molar-refractivity contribution is 6.00. The molecule has 2 fully saturated rings. The normalized spacial score (nSPS) is 18.9. The number of carbonyl (C=O) groups is 3. The lowest BCUT2D eigenvalue weighted by atomic mass is 9.96. The summed E-state index contributed by atoms with van der Waals surface area (Å²) in [5.74, 6) is -0.468. The van der Waals surface area contributed by atoms with Crippen LogP contribution in [0.5, 0.6) is 17.2 Å². The van der Waals surface area contributed by atoms with Crippen molar-refractivity contribution in [3.63, 3.8) is 0 Å². The Balaban J connectivity index is 1.58. The predicted octanol–water partition coefficient (Wildman–Crippen LogP) is 2.27. The molecule has 0 radical (unpaired) electrons. The molecule has 10 nitrogen and oxygen atoms in total. The second kappa shape index (κ2) is 9.83. The van der Waals surface area contributed by atoms with E-state index in [1.807, 2.05) is 0 Å². The van der Waals surface area contributed by atoms with Crippen molar-refractivity contribution in [3.8, 4) is 17.2 Å². The molecule has 2 aromatic rings. The minimum absolute atomic E-state index is 0.120. The van der Waals surface area contributed by atoms with Gasteiger partial charge in [-0.15, -0.1) is 0 Å². The van der Waals surface area contributed by atoms with Crippen LogP contribution in [0, 0.1) is 0 Å². The van der Waals surface area contributed by atoms with Crippen molar-refractivity contribution in [1.29, 1.82) is 0 Å². The summed E-state index contributed by atoms with van der Waals surface area (Å²) in [6.07, 6.45) is 0.532. The number of likely N-dealkylation sites (tertiary alicyclic amines) is 1. The van der Waals surface area contributed by atoms with Crippen LogP contribution in [-0.2, 0) is 9.53 Å². The molecule has 0 aliphatic carbocycles. The second-order valence-corrected chi connectivity index (χ2v) is 8.34. The Kier molecular flexibility index (Phi) is 6.83. The van der Waals surface area contributed by atoms with Gasteiger partial charge in [0.25, 0.3) is 11.8 Å². The van der Waals surface area contributed by atoms with Gasteiger partial charge in [0.15, 0.2) is 6.04 Å². The maximum atomic E-state index is 13.5. The summed E-state index contributed by atoms with van der Waals surface area (Å²) in [4.78, 5) is 41.8. The molecule has 2 aromatic carbocycles. The van der Waals surface area contributed by atoms with E-state index in [2.05, 4.69) is 0 Å². The Hall–Kier alpha value is -3.79. The molecule has 0 aromatic heterocycles. The van der Waals surface area contributed by atoms with E-state index in [0.29, 0.717) is 28.4 Å². The lowest BCUT2D eigenvalue weighted by molar-refractivity contribution is -0.143. The first-order valence-electron chi connectivity index (χ1n) is 11.2. The smallest absolute Gasteiger partial charge is 0.328 e. The topological polar surface area (TPSA) is 115 Å². The molecule has 2 heterocycles. The van der Waals surface area contributed by atoms with Crippen LogP contribution in [0.3, 0.4) is 0 Å². The number of carboxylic acid groups (broad SMARTS) is 1. The van der Waals surface area contributed by atoms with Crippen molar-refractivity contribution < 1.29 is 38.4 Å². The van der Waals surface area contributed by atoms with E-state index in [0.717, 1.165) is 0 Å². The third kappa shape index (κ3) is 4.37. The zero-order chi connectivity index (χ0) is 25.2. The minimum atomic E-state index is -1.14. The van der Waals surface area contributed by atoms with Crippen LogP contribution in [0.15, 0.2) is 42.5 Å². The van der Waals surface area contributed by atoms with E-state index >= 15 is 0 Å². The van der Waals surface area contributed by atoms with Crippen molar-refractivity contribution >= 4 is 17.8 Å². The first kappa shape index (κ1) is 24.3. The van der Waals surface area contributed by atoms with Gasteiger partial charge in [0.2, 0.25) is 0 Å². The summed E-state index contributed by atoms with van der Waals surface area (Å²) >= 11 is 0. The largest absolute Gasteiger partial charge is 0.497 e. The molecule has 1 spiro atoms. The third-order valence-corrected chi connectivity index (χ3v) is 6.58. The van der Waals surface area contributed by atoms with E-state index in [9.17, 15) is 19.5 Å². The molecule has 0 saturated carbocycles. The van der Waals surface area contributed by atoms with Crippen LogP contribution >= 0.6 is 0 Å². The molecular formula is C25H28N2O8. The van der Waals surface area contributed by atoms with Crippen LogP contribution < -0.4 is 14.2 Å². The highest BCUT2D eigenvalue weighted by atomic mass is 16.5. The average molecular weight is 485 g/mol. The van der Waals surface area contributed by atoms with E-state index in [4.69, 9.17) is 18.9 Å². The number of ether oxygens (including phenoxy) is 4. The number of hydrogen-bond acceptors (Lipinski definition) is 7. The maximum absolute atomic E-state index is 13.5. The first-order valence-corrected chi connectivity index (χ1v) is 11.2. The van der Waals surface area contributed by atoms with E-state index in [-0.39, 0.29) is 38.4 Å². The van der Waals surface area contributed by atoms with Gasteiger partial charge in [0.05, 0.1) is 27.9 Å². The second-order valence-electron chi connectivity index (χ2n) is 8.34. The van der Waals surface area contributed by atoms with Crippen LogP contribution in [-0.4, -0.2) is 85.5 Å². The van der Waals surface area contributed by atoms with Crippen molar-refractivity contribution in [1.82, 2.24) is 9.80 Å². The molecule has 4 rings (SSSR count). The van der Waals surface area contributed by atoms with Gasteiger partial charge >= 0.3 is 5.97 Å². The number of amides is 2. The molecular weight excluding hydrogens is 456 g/mol. The number of hydrogen-bond donors (Lipinski definition) is 1. The number of carbonyl (C=O) groups excluding carboxylic acids is 2. The van der Waals surface area contributed by atoms with Gasteiger partial charge < -0.3 is 29.0 Å². The molecule has 1 unspecified atom stereocenters. The number of piperidine rings is 1. The quantitative estimate of drug-likeness (QED) is 0.664. The SMILES string of the molecule is COc1ccc(C(=O)N2C(C(=O)O)COC23CCN(C(=O)c2c(OC)cccc2OC)CC3)cc1. The van der Waals surface area contributed by atoms with Gasteiger partial charge in [-0.1, -0.05) is 6.07 Å². The van der Waals surface area contributed by atoms with Crippen molar-refractivity contribution in [3.05, 3.63) is 53.6 Å². The lowest BCUT2D eigenvalue weighted by Crippen LogP contribution is -2.58. The number of benzene rings is 2. The van der Waals surface area contributed by atoms with Crippen molar-refractivity contribution in [2.24, 2.45) is 0 Å². The third-order valence-electron chi connectivity index (χ3n) is 6.58. The van der Waals surface area contributed by atoms with Crippen molar-refractivity contribution in [2.75, 3.05) is 41.0 Å². The highest BCUT2D eigenvalue weighted by Crippen LogP contribution is 2.40. The monoisotopic (exact) mass is 484 g/mol. The lowest BCUT2D eigenvalue weighted by Gasteiger charge is -2.44. The Bertz CT molecular complexity index is 1090. The fourth-order valence-electron chi connectivity index (χ4n) is 4.71. The van der Waals surface area contributed by atoms with Gasteiger partial charge in [-0.25, -0.2) is 4.79 Å². The van der Waals surface area contributed by atoms with Crippen LogP contribution in [0.4, 0.5) is 0 Å². The van der Waals surface area contributed by atoms with E-state index in [1.54, 1.807) is 47.4 Å². The van der Waals surface area contributed by atoms with Gasteiger partial charge in [-0.05, 0) is 36.4 Å². The summed E-state index contributed by atoms with van der Waals surface area (Å²) in [5.41, 5.74) is -0.476. The molecule has 2 aliphatic heterocycles. The maximum Gasteiger partial charge on any atom is 0.328 e. The molecule has 2 aliphatic rings. The summed E-state index contributed by atoms with van der Waals surface area (Å²) in [5, 5.41) is 9.79. The molecule has 2 amide bonds. The summed E-state index contributed by atoms with van der Waals surface area (Å²) in [6, 6.07) is 10.5. The fraction of sp³-hybridized carbons (Fsp3) is 0.400. The molecule has 10 heteroatoms. The van der Waals surface area contributed by atoms with Crippen LogP contribution in [0.25, 0.3) is 0 Å². The van der Waals surface area contributed by atoms with Gasteiger partial charge in [0, 0.05) is 31.5 Å². The predicted molar refractivity (Wildman–Crippen MR) is 124 cm³/mol. The number of aliphatic carboxylic acids is 1. The molecule has 0 bridgehead atoms. The molecule has 2 saturated heterocycles. The average Bonchev–Trinajstić information content (AvgIpc) is 3.26. The highest BCUT2D eigenvalue weighted by Gasteiger charge is 2.54. The Morgan fingerprint density at radius 1 is 0.914 bits per heavy atom. The van der Waals surface area contributed by atoms with Gasteiger partial charge in [0.1, 0.15) is 28.5 Å². The first-order chi connectivity index (χ1) is 16.8. The number of nitrogens with zero attached hydrogens (tertiary/aromatic N) is 2. The summed E-state index contributed by atoms with van der Waals surface area (Å²) in [7, 11) is 4.49. The van der Waals surface area contributed by atoms with Crippen molar-refractivity contribution in [2.45, 2.75) is 24.6 Å². The van der Waals surface area contributed by atoms with Gasteiger partial charge in [-0.3, -0.25) is 14.5 Å². The summed E-state index contributed by atoms with van der Waals surface area (Å²) < 4.78 is 21.9. The number of carboxylic acids is 1. The number of rotatable bonds is 6. The van der Waals surface area contributed by atoms with Gasteiger partial charge in [-0.2, -0.15) is 0 Å². The molecule has 186 valence electrons. The fourth-order valence-corrected chi connectivity index (χ4v) is 4.71. The zero-order valence-electron chi connectivity index (χ0n) is 19.9. The van der Waals surface area contributed by atoms with E-state index in [1.165, 1.54) is 26.2 Å². The molecule has 35 heavy (non-hydrogen) atoms. The van der Waals surface area contributed by atoms with Crippen LogP contribution in [0.1, 0.15) is 33.6 Å². The Morgan fingerprint density at radius 2 is 1.51 bits per heavy atom. The molecule has 1 atom stereocenters. The minimum Gasteiger partial charge on any atom is -0.497 e. The van der Waals surface area contributed by atoms with Crippen LogP contribution in [0.2, 0.25) is 0 Å². The Labute approximate surface area is 202 Å². The van der Waals surface area contributed by atoms with E-state index < -0.39 is 23.6 Å². The number of methoxy groups -OCH3 is 3. The Morgan fingerprint density at radius 3 is 2.03 bits per heavy atom.